The van der Waals surface area contributed by atoms with E-state index in [0.717, 1.165) is 15.6 Å². The number of fused-ring (bicyclic) bond motifs is 1. The maximum absolute atomic E-state index is 11.1. The van der Waals surface area contributed by atoms with Crippen LogP contribution in [0.15, 0.2) is 61.6 Å². The summed E-state index contributed by atoms with van der Waals surface area (Å²) in [6.45, 7) is 0.569. The molecule has 1 N–H and O–H groups in total. The second-order valence-corrected chi connectivity index (χ2v) is 5.37. The Morgan fingerprint density at radius 3 is 2.88 bits per heavy atom. The summed E-state index contributed by atoms with van der Waals surface area (Å²) in [6.07, 6.45) is 7.19. The Balaban J connectivity index is 1.57. The number of aromatic nitrogens is 5. The first kappa shape index (κ1) is 14.9. The zero-order valence-electron chi connectivity index (χ0n) is 13.0. The molecule has 4 rings (SSSR count). The number of hydrogen-bond acceptors (Lipinski definition) is 5. The molecule has 0 amide bonds. The van der Waals surface area contributed by atoms with Gasteiger partial charge in [-0.1, -0.05) is 0 Å². The van der Waals surface area contributed by atoms with Gasteiger partial charge in [0.1, 0.15) is 12.1 Å². The SMILES string of the molecule is O=C(O)n1ccc2cc(Oc3cc(Cn4ccnc4)ncn3)ccc21. The first-order valence-corrected chi connectivity index (χ1v) is 7.48. The van der Waals surface area contributed by atoms with Crippen molar-refractivity contribution in [2.45, 2.75) is 6.54 Å². The van der Waals surface area contributed by atoms with Gasteiger partial charge in [0.15, 0.2) is 0 Å². The largest absolute Gasteiger partial charge is 0.464 e. The van der Waals surface area contributed by atoms with Crippen molar-refractivity contribution < 1.29 is 14.6 Å². The molecule has 3 heterocycles. The minimum Gasteiger partial charge on any atom is -0.464 e. The molecule has 0 fully saturated rings. The smallest absolute Gasteiger partial charge is 0.415 e. The monoisotopic (exact) mass is 335 g/mol. The molecule has 0 aliphatic rings. The van der Waals surface area contributed by atoms with Gasteiger partial charge >= 0.3 is 6.09 Å². The molecule has 0 unspecified atom stereocenters. The Bertz CT molecular complexity index is 1040. The highest BCUT2D eigenvalue weighted by Gasteiger charge is 2.09. The lowest BCUT2D eigenvalue weighted by molar-refractivity contribution is 0.197. The molecule has 4 aromatic rings. The summed E-state index contributed by atoms with van der Waals surface area (Å²) in [5, 5.41) is 9.89. The first-order chi connectivity index (χ1) is 12.2. The Kier molecular flexibility index (Phi) is 3.62. The molecule has 124 valence electrons. The van der Waals surface area contributed by atoms with E-state index < -0.39 is 6.09 Å². The number of hydrogen-bond donors (Lipinski definition) is 1. The van der Waals surface area contributed by atoms with E-state index in [1.54, 1.807) is 42.9 Å². The van der Waals surface area contributed by atoms with Gasteiger partial charge < -0.3 is 14.4 Å². The summed E-state index contributed by atoms with van der Waals surface area (Å²) in [4.78, 5) is 23.5. The van der Waals surface area contributed by atoms with Crippen LogP contribution in [-0.4, -0.2) is 35.3 Å². The van der Waals surface area contributed by atoms with Crippen LogP contribution in [0.3, 0.4) is 0 Å². The highest BCUT2D eigenvalue weighted by Crippen LogP contribution is 2.25. The van der Waals surface area contributed by atoms with Gasteiger partial charge in [0.05, 0.1) is 24.1 Å². The lowest BCUT2D eigenvalue weighted by Crippen LogP contribution is -2.05. The minimum atomic E-state index is -1.02. The van der Waals surface area contributed by atoms with Crippen LogP contribution in [0.25, 0.3) is 10.9 Å². The summed E-state index contributed by atoms with van der Waals surface area (Å²) in [7, 11) is 0. The van der Waals surface area contributed by atoms with Gasteiger partial charge in [0.2, 0.25) is 5.88 Å². The molecule has 1 aromatic carbocycles. The van der Waals surface area contributed by atoms with Gasteiger partial charge in [0, 0.05) is 30.0 Å². The van der Waals surface area contributed by atoms with Gasteiger partial charge in [-0.2, -0.15) is 0 Å². The van der Waals surface area contributed by atoms with E-state index in [4.69, 9.17) is 9.84 Å². The van der Waals surface area contributed by atoms with Crippen LogP contribution in [0.5, 0.6) is 11.6 Å². The fourth-order valence-corrected chi connectivity index (χ4v) is 2.56. The number of nitrogens with zero attached hydrogens (tertiary/aromatic N) is 5. The van der Waals surface area contributed by atoms with E-state index in [9.17, 15) is 4.79 Å². The average Bonchev–Trinajstić information content (AvgIpc) is 3.24. The molecule has 0 aliphatic carbocycles. The van der Waals surface area contributed by atoms with Crippen molar-refractivity contribution in [2.75, 3.05) is 0 Å². The standard InChI is InChI=1S/C17H13N5O3/c23-17(24)22-5-3-12-7-14(1-2-15(12)22)25-16-8-13(19-10-20-16)9-21-6-4-18-11-21/h1-8,10-11H,9H2,(H,23,24). The van der Waals surface area contributed by atoms with Gasteiger partial charge in [0.25, 0.3) is 0 Å². The van der Waals surface area contributed by atoms with Crippen LogP contribution < -0.4 is 4.74 Å². The minimum absolute atomic E-state index is 0.419. The predicted molar refractivity (Wildman–Crippen MR) is 88.8 cm³/mol. The van der Waals surface area contributed by atoms with Crippen molar-refractivity contribution in [3.8, 4) is 11.6 Å². The highest BCUT2D eigenvalue weighted by atomic mass is 16.5. The molecule has 0 aliphatic heterocycles. The van der Waals surface area contributed by atoms with Gasteiger partial charge in [-0.15, -0.1) is 0 Å². The van der Waals surface area contributed by atoms with E-state index in [2.05, 4.69) is 15.0 Å². The fourth-order valence-electron chi connectivity index (χ4n) is 2.56. The summed E-state index contributed by atoms with van der Waals surface area (Å²) < 4.78 is 8.84. The Hall–Kier alpha value is -3.68. The van der Waals surface area contributed by atoms with Gasteiger partial charge in [-0.25, -0.2) is 19.7 Å². The van der Waals surface area contributed by atoms with Crippen molar-refractivity contribution >= 4 is 17.0 Å². The molecule has 25 heavy (non-hydrogen) atoms. The molecular formula is C17H13N5O3. The molecule has 0 spiro atoms. The molecule has 0 saturated heterocycles. The maximum atomic E-state index is 11.1. The molecular weight excluding hydrogens is 322 g/mol. The molecule has 8 heteroatoms. The zero-order chi connectivity index (χ0) is 17.2. The lowest BCUT2D eigenvalue weighted by Gasteiger charge is -2.07. The number of benzene rings is 1. The van der Waals surface area contributed by atoms with Crippen LogP contribution >= 0.6 is 0 Å². The van der Waals surface area contributed by atoms with Crippen LogP contribution in [-0.2, 0) is 6.54 Å². The number of imidazole rings is 1. The normalized spacial score (nSPS) is 10.9. The number of carbonyl (C=O) groups is 1. The number of ether oxygens (including phenoxy) is 1. The molecule has 3 aromatic heterocycles. The maximum Gasteiger partial charge on any atom is 0.415 e. The van der Waals surface area contributed by atoms with Crippen LogP contribution in [0, 0.1) is 0 Å². The van der Waals surface area contributed by atoms with E-state index in [1.165, 1.54) is 12.5 Å². The molecule has 0 radical (unpaired) electrons. The first-order valence-electron chi connectivity index (χ1n) is 7.48. The topological polar surface area (TPSA) is 95.1 Å². The van der Waals surface area contributed by atoms with E-state index in [1.807, 2.05) is 10.8 Å². The summed E-state index contributed by atoms with van der Waals surface area (Å²) in [6, 6.07) is 8.66. The number of carboxylic acid groups (broad SMARTS) is 1. The Morgan fingerprint density at radius 2 is 2.08 bits per heavy atom. The van der Waals surface area contributed by atoms with Crippen LogP contribution in [0.1, 0.15) is 5.69 Å². The highest BCUT2D eigenvalue weighted by molar-refractivity contribution is 5.89. The second-order valence-electron chi connectivity index (χ2n) is 5.37. The predicted octanol–water partition coefficient (Wildman–Crippen LogP) is 2.99. The summed E-state index contributed by atoms with van der Waals surface area (Å²) in [5.41, 5.74) is 1.39. The van der Waals surface area contributed by atoms with Gasteiger partial charge in [-0.3, -0.25) is 4.57 Å². The van der Waals surface area contributed by atoms with E-state index >= 15 is 0 Å². The van der Waals surface area contributed by atoms with E-state index in [0.29, 0.717) is 23.7 Å². The van der Waals surface area contributed by atoms with Gasteiger partial charge in [-0.05, 0) is 24.3 Å². The molecule has 0 saturated carbocycles. The van der Waals surface area contributed by atoms with E-state index in [-0.39, 0.29) is 0 Å². The van der Waals surface area contributed by atoms with Crippen molar-refractivity contribution in [2.24, 2.45) is 0 Å². The third kappa shape index (κ3) is 3.05. The van der Waals surface area contributed by atoms with Crippen molar-refractivity contribution in [1.82, 2.24) is 24.1 Å². The van der Waals surface area contributed by atoms with Crippen molar-refractivity contribution in [1.29, 1.82) is 0 Å². The molecule has 8 nitrogen and oxygen atoms in total. The quantitative estimate of drug-likeness (QED) is 0.616. The van der Waals surface area contributed by atoms with Crippen molar-refractivity contribution in [3.63, 3.8) is 0 Å². The Labute approximate surface area is 142 Å². The summed E-state index contributed by atoms with van der Waals surface area (Å²) in [5.74, 6) is 0.991. The summed E-state index contributed by atoms with van der Waals surface area (Å²) >= 11 is 0. The molecule has 0 atom stereocenters. The third-order valence-corrected chi connectivity index (χ3v) is 3.69. The third-order valence-electron chi connectivity index (χ3n) is 3.69. The fraction of sp³-hybridized carbons (Fsp3) is 0.0588. The number of rotatable bonds is 4. The molecule has 0 bridgehead atoms. The zero-order valence-corrected chi connectivity index (χ0v) is 13.0. The van der Waals surface area contributed by atoms with Crippen LogP contribution in [0.2, 0.25) is 0 Å². The average molecular weight is 335 g/mol. The second kappa shape index (κ2) is 6.08. The lowest BCUT2D eigenvalue weighted by atomic mass is 10.2. The van der Waals surface area contributed by atoms with Crippen LogP contribution in [0.4, 0.5) is 4.79 Å². The Morgan fingerprint density at radius 1 is 1.16 bits per heavy atom. The van der Waals surface area contributed by atoms with Crippen molar-refractivity contribution in [3.05, 3.63) is 67.3 Å².